The third-order valence-corrected chi connectivity index (χ3v) is 11.9. The zero-order valence-electron chi connectivity index (χ0n) is 41.5. The van der Waals surface area contributed by atoms with E-state index in [1.807, 2.05) is 54.6 Å². The number of aldehydes is 1. The van der Waals surface area contributed by atoms with E-state index in [-0.39, 0.29) is 23.3 Å². The van der Waals surface area contributed by atoms with Gasteiger partial charge in [0.15, 0.2) is 29.2 Å². The Balaban J connectivity index is 0.000000178. The molecule has 21 heteroatoms. The van der Waals surface area contributed by atoms with E-state index in [1.165, 1.54) is 48.4 Å². The number of carbonyl (C=O) groups excluding carboxylic acids is 4. The fourth-order valence-corrected chi connectivity index (χ4v) is 8.50. The second kappa shape index (κ2) is 22.8. The van der Waals surface area contributed by atoms with E-state index < -0.39 is 39.7 Å². The van der Waals surface area contributed by atoms with Gasteiger partial charge < -0.3 is 28.6 Å². The van der Waals surface area contributed by atoms with Crippen LogP contribution in [0.3, 0.4) is 0 Å². The summed E-state index contributed by atoms with van der Waals surface area (Å²) in [7, 11) is 6.24. The van der Waals surface area contributed by atoms with Gasteiger partial charge in [-0.2, -0.15) is 0 Å². The van der Waals surface area contributed by atoms with E-state index in [4.69, 9.17) is 23.7 Å². The van der Waals surface area contributed by atoms with Gasteiger partial charge in [0, 0.05) is 53.9 Å². The summed E-state index contributed by atoms with van der Waals surface area (Å²) in [4.78, 5) is 73.7. The Hall–Kier alpha value is -9.40. The van der Waals surface area contributed by atoms with Gasteiger partial charge in [0.2, 0.25) is 0 Å². The zero-order chi connectivity index (χ0) is 53.3. The molecule has 0 spiro atoms. The number of ether oxygens (including phenoxy) is 5. The number of nitrogens with one attached hydrogen (secondary N) is 3. The van der Waals surface area contributed by atoms with E-state index in [9.17, 15) is 39.4 Å². The molecule has 3 amide bonds. The highest BCUT2D eigenvalue weighted by molar-refractivity contribution is 6.01. The van der Waals surface area contributed by atoms with E-state index in [2.05, 4.69) is 21.2 Å². The Morgan fingerprint density at radius 3 is 1.74 bits per heavy atom. The molecule has 0 unspecified atom stereocenters. The number of amides is 3. The number of fused-ring (bicyclic) bond motifs is 4. The fourth-order valence-electron chi connectivity index (χ4n) is 8.50. The first-order chi connectivity index (χ1) is 35.5. The van der Waals surface area contributed by atoms with Gasteiger partial charge in [0.25, 0.3) is 23.2 Å². The average Bonchev–Trinajstić information content (AvgIpc) is 4.07. The van der Waals surface area contributed by atoms with Crippen molar-refractivity contribution in [2.24, 2.45) is 0 Å². The molecule has 74 heavy (non-hydrogen) atoms. The van der Waals surface area contributed by atoms with Gasteiger partial charge in [-0.3, -0.25) is 55.8 Å². The highest BCUT2D eigenvalue weighted by Gasteiger charge is 2.51. The fraction of sp³-hybridized carbons (Fsp3) is 0.245. The van der Waals surface area contributed by atoms with Crippen molar-refractivity contribution in [2.45, 2.75) is 57.5 Å². The number of hydrogen-bond acceptors (Lipinski definition) is 16. The quantitative estimate of drug-likeness (QED) is 0.0555. The molecular formula is C53H54N8O13. The molecule has 0 radical (unpaired) electrons. The minimum Gasteiger partial charge on any atom is -0.493 e. The van der Waals surface area contributed by atoms with E-state index in [0.717, 1.165) is 28.7 Å². The van der Waals surface area contributed by atoms with Crippen LogP contribution in [0.1, 0.15) is 54.0 Å². The molecule has 6 aromatic rings. The van der Waals surface area contributed by atoms with Crippen LogP contribution in [0.2, 0.25) is 0 Å². The lowest BCUT2D eigenvalue weighted by Gasteiger charge is -2.32. The van der Waals surface area contributed by atoms with E-state index in [1.54, 1.807) is 89.6 Å². The number of methoxy groups -OCH3 is 4. The number of nitrogens with zero attached hydrogens (tertiary/aromatic N) is 5. The molecule has 3 N–H and O–H groups in total. The lowest BCUT2D eigenvalue weighted by Crippen LogP contribution is -2.50. The number of non-ortho nitro benzene ring substituents is 2. The van der Waals surface area contributed by atoms with Crippen LogP contribution in [0, 0.1) is 20.2 Å². The first-order valence-corrected chi connectivity index (χ1v) is 23.0. The monoisotopic (exact) mass is 1010 g/mol. The molecule has 3 heterocycles. The van der Waals surface area contributed by atoms with Crippen LogP contribution in [-0.4, -0.2) is 85.2 Å². The van der Waals surface area contributed by atoms with Gasteiger partial charge >= 0.3 is 6.09 Å². The third-order valence-electron chi connectivity index (χ3n) is 11.9. The summed E-state index contributed by atoms with van der Waals surface area (Å²) < 4.78 is 26.4. The largest absolute Gasteiger partial charge is 0.493 e. The standard InChI is InChI=1S/C24H22N4O5.C20H22N4O5.C9H10O3/c1-32-21-12-7-16(14-22(21)33-2)23-26-19-6-4-3-5-15(19)13-20(26)24(29)27(23)25-17-8-10-18(11-9-17)28(30)31;1-20(2,3)29-19(26)23-16-7-5-4-6-13(16)12-17(23)18(25)22-21-14-8-10-15(11-9-14)24(27)28;1-11-8-4-3-7(6-10)5-9(8)12-2/h3-12,14,20,23,25H,13H2,1-2H3;4-11,17,21H,12H2,1-3H3,(H,22,25);3-6H,1-2H3/t20-,23+;17-;/m00./s1. The molecule has 3 aliphatic heterocycles. The van der Waals surface area contributed by atoms with Crippen molar-refractivity contribution in [3.05, 3.63) is 176 Å². The van der Waals surface area contributed by atoms with Gasteiger partial charge in [-0.1, -0.05) is 42.5 Å². The van der Waals surface area contributed by atoms with Crippen molar-refractivity contribution in [3.8, 4) is 23.0 Å². The molecule has 0 aliphatic carbocycles. The second-order valence-corrected chi connectivity index (χ2v) is 17.7. The van der Waals surface area contributed by atoms with Gasteiger partial charge in [-0.05, 0) is 98.6 Å². The maximum absolute atomic E-state index is 13.6. The van der Waals surface area contributed by atoms with Crippen molar-refractivity contribution >= 4 is 58.3 Å². The summed E-state index contributed by atoms with van der Waals surface area (Å²) in [6.07, 6.45) is 0.668. The highest BCUT2D eigenvalue weighted by Crippen LogP contribution is 2.47. The number of carbonyl (C=O) groups is 4. The van der Waals surface area contributed by atoms with Crippen LogP contribution in [0.5, 0.6) is 23.0 Å². The third kappa shape index (κ3) is 11.7. The number of hydrogen-bond donors (Lipinski definition) is 3. The molecule has 3 aliphatic rings. The molecule has 21 nitrogen and oxygen atoms in total. The number of benzene rings is 6. The van der Waals surface area contributed by atoms with Crippen LogP contribution < -0.4 is 45.0 Å². The lowest BCUT2D eigenvalue weighted by atomic mass is 10.1. The summed E-state index contributed by atoms with van der Waals surface area (Å²) in [6.45, 7) is 5.29. The smallest absolute Gasteiger partial charge is 0.415 e. The van der Waals surface area contributed by atoms with E-state index in [0.29, 0.717) is 58.5 Å². The molecule has 384 valence electrons. The molecular weight excluding hydrogens is 957 g/mol. The lowest BCUT2D eigenvalue weighted by molar-refractivity contribution is -0.385. The van der Waals surface area contributed by atoms with Gasteiger partial charge in [0.1, 0.15) is 24.0 Å². The van der Waals surface area contributed by atoms with Crippen LogP contribution in [0.25, 0.3) is 0 Å². The summed E-state index contributed by atoms with van der Waals surface area (Å²) in [5.74, 6) is 1.85. The molecule has 9 rings (SSSR count). The van der Waals surface area contributed by atoms with Crippen molar-refractivity contribution in [1.29, 1.82) is 0 Å². The Bertz CT molecular complexity index is 3040. The molecule has 0 saturated carbocycles. The normalized spacial score (nSPS) is 15.9. The minimum absolute atomic E-state index is 0.0145. The van der Waals surface area contributed by atoms with Crippen LogP contribution in [0.4, 0.5) is 38.9 Å². The van der Waals surface area contributed by atoms with Gasteiger partial charge in [-0.15, -0.1) is 0 Å². The Kier molecular flexibility index (Phi) is 16.1. The first-order valence-electron chi connectivity index (χ1n) is 23.0. The van der Waals surface area contributed by atoms with Crippen molar-refractivity contribution < 1.29 is 52.7 Å². The Morgan fingerprint density at radius 2 is 1.19 bits per heavy atom. The van der Waals surface area contributed by atoms with Crippen molar-refractivity contribution in [3.63, 3.8) is 0 Å². The topological polar surface area (TPSA) is 247 Å². The summed E-state index contributed by atoms with van der Waals surface area (Å²) in [6, 6.07) is 36.4. The van der Waals surface area contributed by atoms with Crippen molar-refractivity contribution in [2.75, 3.05) is 49.1 Å². The Morgan fingerprint density at radius 1 is 0.662 bits per heavy atom. The number of rotatable bonds is 13. The molecule has 1 fully saturated rings. The van der Waals surface area contributed by atoms with Gasteiger partial charge in [0.05, 0.1) is 55.3 Å². The number of nitro groups is 2. The number of hydrazine groups is 2. The predicted molar refractivity (Wildman–Crippen MR) is 275 cm³/mol. The number of nitro benzene ring substituents is 2. The minimum atomic E-state index is -0.784. The Labute approximate surface area is 425 Å². The molecule has 3 atom stereocenters. The summed E-state index contributed by atoms with van der Waals surface area (Å²) >= 11 is 0. The summed E-state index contributed by atoms with van der Waals surface area (Å²) in [5, 5.41) is 23.3. The SMILES string of the molecule is CC(C)(C)OC(=O)N1c2ccccc2C[C@H]1C(=O)NNc1ccc([N+](=O)[O-])cc1.COc1ccc(C=O)cc1OC.COc1ccc([C@H]2N(Nc3ccc([N+](=O)[O-])cc3)C(=O)[C@@H]3Cc4ccccc4N32)cc1OC. The molecule has 6 aromatic carbocycles. The van der Waals surface area contributed by atoms with Crippen LogP contribution in [0.15, 0.2) is 133 Å². The number of anilines is 4. The predicted octanol–water partition coefficient (Wildman–Crippen LogP) is 8.83. The van der Waals surface area contributed by atoms with Crippen LogP contribution >= 0.6 is 0 Å². The van der Waals surface area contributed by atoms with Crippen LogP contribution in [-0.2, 0) is 27.2 Å². The summed E-state index contributed by atoms with van der Waals surface area (Å²) in [5.41, 5.74) is 13.8. The molecule has 0 bridgehead atoms. The van der Waals surface area contributed by atoms with Crippen molar-refractivity contribution in [1.82, 2.24) is 10.4 Å². The first kappa shape index (κ1) is 52.4. The van der Waals surface area contributed by atoms with E-state index >= 15 is 0 Å². The average molecular weight is 1010 g/mol. The number of para-hydroxylation sites is 2. The highest BCUT2D eigenvalue weighted by atomic mass is 16.6. The maximum atomic E-state index is 13.6. The van der Waals surface area contributed by atoms with Gasteiger partial charge in [-0.25, -0.2) is 9.80 Å². The molecule has 0 aromatic heterocycles. The maximum Gasteiger partial charge on any atom is 0.415 e. The second-order valence-electron chi connectivity index (χ2n) is 17.7. The zero-order valence-corrected chi connectivity index (χ0v) is 41.5. The molecule has 1 saturated heterocycles.